The van der Waals surface area contributed by atoms with Gasteiger partial charge in [-0.05, 0) is 37.4 Å². The Morgan fingerprint density at radius 2 is 2.07 bits per heavy atom. The Morgan fingerprint density at radius 3 is 2.86 bits per heavy atom. The molecule has 1 atom stereocenters. The third-order valence-electron chi connectivity index (χ3n) is 5.56. The van der Waals surface area contributed by atoms with E-state index in [1.54, 1.807) is 10.9 Å². The summed E-state index contributed by atoms with van der Waals surface area (Å²) in [5.74, 6) is 0.551. The van der Waals surface area contributed by atoms with Gasteiger partial charge in [0.2, 0.25) is 0 Å². The van der Waals surface area contributed by atoms with E-state index in [9.17, 15) is 4.79 Å². The Hall–Kier alpha value is -2.73. The summed E-state index contributed by atoms with van der Waals surface area (Å²) < 4.78 is 1.72. The molecule has 6 heteroatoms. The lowest BCUT2D eigenvalue weighted by Gasteiger charge is -2.22. The lowest BCUT2D eigenvalue weighted by Crippen LogP contribution is -2.33. The highest BCUT2D eigenvalue weighted by molar-refractivity contribution is 6.05. The number of likely N-dealkylation sites (tertiary alicyclic amines) is 1. The standard InChI is InChI=1S/C22H27N5O/c1-16-11-19(20-12-23-26(3)21(20)24-16)22(28)25(2)13-18-9-10-27(15-18)14-17-7-5-4-6-8-17/h4-8,11-12,18H,9-10,13-15H2,1-3H3. The number of hydrogen-bond acceptors (Lipinski definition) is 4. The number of amides is 1. The van der Waals surface area contributed by atoms with Crippen LogP contribution >= 0.6 is 0 Å². The maximum atomic E-state index is 13.1. The van der Waals surface area contributed by atoms with Gasteiger partial charge >= 0.3 is 0 Å². The Morgan fingerprint density at radius 1 is 1.29 bits per heavy atom. The van der Waals surface area contributed by atoms with E-state index >= 15 is 0 Å². The normalized spacial score (nSPS) is 17.3. The van der Waals surface area contributed by atoms with Crippen LogP contribution in [0.2, 0.25) is 0 Å². The van der Waals surface area contributed by atoms with E-state index in [2.05, 4.69) is 45.3 Å². The fraction of sp³-hybridized carbons (Fsp3) is 0.409. The molecule has 0 N–H and O–H groups in total. The Balaban J connectivity index is 1.42. The molecule has 2 aromatic heterocycles. The summed E-state index contributed by atoms with van der Waals surface area (Å²) in [6.45, 7) is 5.79. The summed E-state index contributed by atoms with van der Waals surface area (Å²) in [7, 11) is 3.76. The predicted octanol–water partition coefficient (Wildman–Crippen LogP) is 2.87. The number of nitrogens with zero attached hydrogens (tertiary/aromatic N) is 5. The van der Waals surface area contributed by atoms with E-state index in [4.69, 9.17) is 0 Å². The van der Waals surface area contributed by atoms with Crippen LogP contribution in [0.3, 0.4) is 0 Å². The summed E-state index contributed by atoms with van der Waals surface area (Å²) >= 11 is 0. The molecule has 0 spiro atoms. The van der Waals surface area contributed by atoms with Crippen LogP contribution in [0, 0.1) is 12.8 Å². The molecule has 1 aliphatic rings. The second kappa shape index (κ2) is 7.72. The second-order valence-corrected chi connectivity index (χ2v) is 7.88. The molecule has 28 heavy (non-hydrogen) atoms. The van der Waals surface area contributed by atoms with E-state index in [1.165, 1.54) is 5.56 Å². The fourth-order valence-corrected chi connectivity index (χ4v) is 4.14. The highest BCUT2D eigenvalue weighted by atomic mass is 16.2. The molecule has 0 bridgehead atoms. The summed E-state index contributed by atoms with van der Waals surface area (Å²) in [4.78, 5) is 22.0. The molecule has 1 amide bonds. The summed E-state index contributed by atoms with van der Waals surface area (Å²) in [6, 6.07) is 12.5. The smallest absolute Gasteiger partial charge is 0.254 e. The van der Waals surface area contributed by atoms with Gasteiger partial charge < -0.3 is 4.90 Å². The topological polar surface area (TPSA) is 54.3 Å². The van der Waals surface area contributed by atoms with Gasteiger partial charge in [0.25, 0.3) is 5.91 Å². The van der Waals surface area contributed by atoms with Gasteiger partial charge in [-0.2, -0.15) is 5.10 Å². The summed E-state index contributed by atoms with van der Waals surface area (Å²) in [5.41, 5.74) is 3.63. The average Bonchev–Trinajstić information content (AvgIpc) is 3.28. The van der Waals surface area contributed by atoms with Gasteiger partial charge in [-0.1, -0.05) is 30.3 Å². The highest BCUT2D eigenvalue weighted by Gasteiger charge is 2.26. The predicted molar refractivity (Wildman–Crippen MR) is 110 cm³/mol. The van der Waals surface area contributed by atoms with Crippen molar-refractivity contribution in [1.29, 1.82) is 0 Å². The molecule has 0 radical (unpaired) electrons. The molecule has 0 saturated carbocycles. The van der Waals surface area contributed by atoms with Crippen LogP contribution in [0.15, 0.2) is 42.6 Å². The molecule has 3 heterocycles. The minimum absolute atomic E-state index is 0.0463. The third kappa shape index (κ3) is 3.78. The molecule has 3 aromatic rings. The van der Waals surface area contributed by atoms with Gasteiger partial charge in [0, 0.05) is 39.4 Å². The van der Waals surface area contributed by atoms with Crippen molar-refractivity contribution in [2.75, 3.05) is 26.7 Å². The van der Waals surface area contributed by atoms with Crippen LogP contribution in [-0.4, -0.2) is 57.2 Å². The van der Waals surface area contributed by atoms with Crippen LogP contribution in [-0.2, 0) is 13.6 Å². The minimum atomic E-state index is 0.0463. The first-order valence-electron chi connectivity index (χ1n) is 9.82. The van der Waals surface area contributed by atoms with Crippen LogP contribution in [0.4, 0.5) is 0 Å². The molecular formula is C22H27N5O. The zero-order valence-electron chi connectivity index (χ0n) is 16.8. The SMILES string of the molecule is Cc1cc(C(=O)N(C)CC2CCN(Cc3ccccc3)C2)c2cnn(C)c2n1. The molecule has 1 fully saturated rings. The Kier molecular flexibility index (Phi) is 5.13. The van der Waals surface area contributed by atoms with Gasteiger partial charge in [0.15, 0.2) is 5.65 Å². The van der Waals surface area contributed by atoms with Crippen molar-refractivity contribution >= 4 is 16.9 Å². The van der Waals surface area contributed by atoms with Gasteiger partial charge in [0.05, 0.1) is 17.1 Å². The van der Waals surface area contributed by atoms with Gasteiger partial charge in [0.1, 0.15) is 0 Å². The molecule has 4 rings (SSSR count). The lowest BCUT2D eigenvalue weighted by atomic mass is 10.1. The summed E-state index contributed by atoms with van der Waals surface area (Å²) in [6.07, 6.45) is 2.86. The first-order chi connectivity index (χ1) is 13.5. The van der Waals surface area contributed by atoms with Crippen molar-refractivity contribution in [3.63, 3.8) is 0 Å². The number of aryl methyl sites for hydroxylation is 2. The van der Waals surface area contributed by atoms with E-state index < -0.39 is 0 Å². The largest absolute Gasteiger partial charge is 0.341 e. The highest BCUT2D eigenvalue weighted by Crippen LogP contribution is 2.22. The zero-order valence-corrected chi connectivity index (χ0v) is 16.8. The van der Waals surface area contributed by atoms with Crippen molar-refractivity contribution in [3.05, 3.63) is 59.4 Å². The molecule has 146 valence electrons. The number of carbonyl (C=O) groups excluding carboxylic acids is 1. The van der Waals surface area contributed by atoms with E-state index in [0.717, 1.165) is 49.3 Å². The monoisotopic (exact) mass is 377 g/mol. The first kappa shape index (κ1) is 18.6. The van der Waals surface area contributed by atoms with Crippen molar-refractivity contribution in [2.24, 2.45) is 13.0 Å². The molecule has 6 nitrogen and oxygen atoms in total. The van der Waals surface area contributed by atoms with E-state index in [-0.39, 0.29) is 5.91 Å². The van der Waals surface area contributed by atoms with Gasteiger partial charge in [-0.3, -0.25) is 14.4 Å². The number of hydrogen-bond donors (Lipinski definition) is 0. The molecule has 1 aromatic carbocycles. The van der Waals surface area contributed by atoms with Crippen LogP contribution < -0.4 is 0 Å². The van der Waals surface area contributed by atoms with E-state index in [1.807, 2.05) is 32.0 Å². The van der Waals surface area contributed by atoms with Gasteiger partial charge in [-0.25, -0.2) is 4.98 Å². The molecule has 1 unspecified atom stereocenters. The van der Waals surface area contributed by atoms with E-state index in [0.29, 0.717) is 11.5 Å². The van der Waals surface area contributed by atoms with Crippen molar-refractivity contribution < 1.29 is 4.79 Å². The number of aromatic nitrogens is 3. The first-order valence-corrected chi connectivity index (χ1v) is 9.82. The van der Waals surface area contributed by atoms with Crippen LogP contribution in [0.1, 0.15) is 28.0 Å². The average molecular weight is 377 g/mol. The number of benzene rings is 1. The number of fused-ring (bicyclic) bond motifs is 1. The number of carbonyl (C=O) groups is 1. The molecule has 1 aliphatic heterocycles. The van der Waals surface area contributed by atoms with Crippen molar-refractivity contribution in [1.82, 2.24) is 24.6 Å². The Bertz CT molecular complexity index is 981. The number of pyridine rings is 1. The van der Waals surface area contributed by atoms with Crippen LogP contribution in [0.5, 0.6) is 0 Å². The second-order valence-electron chi connectivity index (χ2n) is 7.88. The fourth-order valence-electron chi connectivity index (χ4n) is 4.14. The molecular weight excluding hydrogens is 350 g/mol. The number of rotatable bonds is 5. The minimum Gasteiger partial charge on any atom is -0.341 e. The van der Waals surface area contributed by atoms with Crippen molar-refractivity contribution in [3.8, 4) is 0 Å². The van der Waals surface area contributed by atoms with Gasteiger partial charge in [-0.15, -0.1) is 0 Å². The lowest BCUT2D eigenvalue weighted by molar-refractivity contribution is 0.0775. The molecule has 0 aliphatic carbocycles. The molecule has 1 saturated heterocycles. The van der Waals surface area contributed by atoms with Crippen LogP contribution in [0.25, 0.3) is 11.0 Å². The van der Waals surface area contributed by atoms with Crippen molar-refractivity contribution in [2.45, 2.75) is 19.9 Å². The third-order valence-corrected chi connectivity index (χ3v) is 5.56. The maximum Gasteiger partial charge on any atom is 0.254 e. The zero-order chi connectivity index (χ0) is 19.7. The summed E-state index contributed by atoms with van der Waals surface area (Å²) in [5, 5.41) is 5.09. The maximum absolute atomic E-state index is 13.1. The quantitative estimate of drug-likeness (QED) is 0.686. The Labute approximate surface area is 165 Å².